The molecule has 1 fully saturated rings. The molecule has 4 nitrogen and oxygen atoms in total. The van der Waals surface area contributed by atoms with Crippen LogP contribution in [0.25, 0.3) is 10.8 Å². The molecule has 0 aliphatic carbocycles. The van der Waals surface area contributed by atoms with Crippen molar-refractivity contribution in [2.45, 2.75) is 18.9 Å². The van der Waals surface area contributed by atoms with Crippen LogP contribution in [0.15, 0.2) is 53.3 Å². The Morgan fingerprint density at radius 2 is 2.25 bits per heavy atom. The smallest absolute Gasteiger partial charge is 0.266 e. The van der Waals surface area contributed by atoms with Crippen LogP contribution >= 0.6 is 22.9 Å². The molecular formula is C18H15ClN2O2S. The number of thiazole rings is 1. The van der Waals surface area contributed by atoms with Gasteiger partial charge in [-0.15, -0.1) is 11.3 Å². The highest BCUT2D eigenvalue weighted by molar-refractivity contribution is 7.16. The van der Waals surface area contributed by atoms with E-state index < -0.39 is 0 Å². The predicted octanol–water partition coefficient (Wildman–Crippen LogP) is 5.03. The van der Waals surface area contributed by atoms with Gasteiger partial charge in [0.1, 0.15) is 4.88 Å². The van der Waals surface area contributed by atoms with Gasteiger partial charge in [-0.05, 0) is 42.7 Å². The first-order chi connectivity index (χ1) is 11.7. The maximum absolute atomic E-state index is 12.9. The van der Waals surface area contributed by atoms with Crippen LogP contribution in [0.2, 0.25) is 5.02 Å². The third kappa shape index (κ3) is 2.85. The predicted molar refractivity (Wildman–Crippen MR) is 94.3 cm³/mol. The average molecular weight is 359 g/mol. The van der Waals surface area contributed by atoms with E-state index in [-0.39, 0.29) is 11.9 Å². The van der Waals surface area contributed by atoms with Crippen molar-refractivity contribution >= 4 is 28.8 Å². The Balaban J connectivity index is 1.59. The third-order valence-corrected chi connectivity index (χ3v) is 5.43. The summed E-state index contributed by atoms with van der Waals surface area (Å²) in [7, 11) is 0. The average Bonchev–Trinajstić information content (AvgIpc) is 3.33. The molecule has 2 aromatic heterocycles. The van der Waals surface area contributed by atoms with Crippen molar-refractivity contribution in [3.05, 3.63) is 64.3 Å². The van der Waals surface area contributed by atoms with Crippen molar-refractivity contribution in [2.24, 2.45) is 0 Å². The second-order valence-electron chi connectivity index (χ2n) is 5.72. The molecule has 0 spiro atoms. The molecule has 1 atom stereocenters. The van der Waals surface area contributed by atoms with Gasteiger partial charge < -0.3 is 9.32 Å². The molecule has 3 heterocycles. The van der Waals surface area contributed by atoms with Crippen LogP contribution in [0.1, 0.15) is 34.1 Å². The normalized spacial score (nSPS) is 17.4. The van der Waals surface area contributed by atoms with E-state index in [1.165, 1.54) is 11.3 Å². The number of amides is 1. The number of rotatable bonds is 3. The summed E-state index contributed by atoms with van der Waals surface area (Å²) in [5.74, 6) is 0.708. The fourth-order valence-corrected chi connectivity index (χ4v) is 4.14. The summed E-state index contributed by atoms with van der Waals surface area (Å²) in [4.78, 5) is 19.8. The summed E-state index contributed by atoms with van der Waals surface area (Å²) in [6.07, 6.45) is 5.19. The van der Waals surface area contributed by atoms with Crippen LogP contribution in [-0.2, 0) is 0 Å². The van der Waals surface area contributed by atoms with E-state index in [1.54, 1.807) is 12.5 Å². The summed E-state index contributed by atoms with van der Waals surface area (Å²) >= 11 is 7.47. The minimum atomic E-state index is 0.0211. The van der Waals surface area contributed by atoms with E-state index in [1.807, 2.05) is 41.3 Å². The molecule has 6 heteroatoms. The molecule has 0 bridgehead atoms. The first-order valence-electron chi connectivity index (χ1n) is 7.78. The minimum Gasteiger partial charge on any atom is -0.462 e. The van der Waals surface area contributed by atoms with Gasteiger partial charge in [0, 0.05) is 11.6 Å². The van der Waals surface area contributed by atoms with Gasteiger partial charge in [-0.3, -0.25) is 4.79 Å². The zero-order chi connectivity index (χ0) is 16.5. The monoisotopic (exact) mass is 358 g/mol. The summed E-state index contributed by atoms with van der Waals surface area (Å²) in [6, 6.07) is 11.5. The van der Waals surface area contributed by atoms with Crippen LogP contribution in [0.5, 0.6) is 0 Å². The van der Waals surface area contributed by atoms with E-state index in [9.17, 15) is 4.79 Å². The molecule has 0 radical (unpaired) electrons. The fraction of sp³-hybridized carbons (Fsp3) is 0.222. The van der Waals surface area contributed by atoms with E-state index >= 15 is 0 Å². The van der Waals surface area contributed by atoms with Crippen molar-refractivity contribution < 1.29 is 9.21 Å². The molecule has 1 aromatic carbocycles. The summed E-state index contributed by atoms with van der Waals surface area (Å²) < 4.78 is 5.35. The highest BCUT2D eigenvalue weighted by Gasteiger charge is 2.31. The van der Waals surface area contributed by atoms with E-state index in [4.69, 9.17) is 16.0 Å². The van der Waals surface area contributed by atoms with Gasteiger partial charge >= 0.3 is 0 Å². The lowest BCUT2D eigenvalue weighted by Crippen LogP contribution is -2.29. The fourth-order valence-electron chi connectivity index (χ4n) is 3.10. The number of hydrogen-bond donors (Lipinski definition) is 0. The zero-order valence-electron chi connectivity index (χ0n) is 12.8. The highest BCUT2D eigenvalue weighted by atomic mass is 35.5. The van der Waals surface area contributed by atoms with Gasteiger partial charge in [0.15, 0.2) is 10.8 Å². The van der Waals surface area contributed by atoms with E-state index in [0.29, 0.717) is 15.7 Å². The van der Waals surface area contributed by atoms with E-state index in [0.717, 1.165) is 30.0 Å². The molecule has 0 N–H and O–H groups in total. The Bertz CT molecular complexity index is 860. The molecule has 3 aromatic rings. The number of hydrogen-bond acceptors (Lipinski definition) is 4. The standard InChI is InChI=1S/C18H15ClN2O2S/c19-13-5-1-4-12(10-13)14-6-2-8-21(14)18(22)16-11-20-17(24-16)15-7-3-9-23-15/h1,3-5,7,9-11,14H,2,6,8H2. The molecular weight excluding hydrogens is 344 g/mol. The SMILES string of the molecule is O=C(c1cnc(-c2ccco2)s1)N1CCCC1c1cccc(Cl)c1. The van der Waals surface area contributed by atoms with Crippen LogP contribution in [0.4, 0.5) is 0 Å². The molecule has 0 saturated carbocycles. The summed E-state index contributed by atoms with van der Waals surface area (Å²) in [5, 5.41) is 1.42. The number of halogens is 1. The van der Waals surface area contributed by atoms with Crippen molar-refractivity contribution in [1.29, 1.82) is 0 Å². The topological polar surface area (TPSA) is 46.3 Å². The molecule has 24 heavy (non-hydrogen) atoms. The van der Waals surface area contributed by atoms with Crippen molar-refractivity contribution in [2.75, 3.05) is 6.54 Å². The van der Waals surface area contributed by atoms with Crippen molar-refractivity contribution in [1.82, 2.24) is 9.88 Å². The zero-order valence-corrected chi connectivity index (χ0v) is 14.4. The molecule has 4 rings (SSSR count). The third-order valence-electron chi connectivity index (χ3n) is 4.20. The summed E-state index contributed by atoms with van der Waals surface area (Å²) in [6.45, 7) is 0.754. The Morgan fingerprint density at radius 3 is 3.04 bits per heavy atom. The van der Waals surface area contributed by atoms with Gasteiger partial charge in [0.25, 0.3) is 5.91 Å². The van der Waals surface area contributed by atoms with Gasteiger partial charge in [-0.25, -0.2) is 4.98 Å². The van der Waals surface area contributed by atoms with Gasteiger partial charge in [0.05, 0.1) is 18.5 Å². The Kier molecular flexibility index (Phi) is 4.12. The Labute approximate surface area is 148 Å². The minimum absolute atomic E-state index is 0.0211. The molecule has 1 saturated heterocycles. The number of furan rings is 1. The molecule has 122 valence electrons. The lowest BCUT2D eigenvalue weighted by Gasteiger charge is -2.24. The second kappa shape index (κ2) is 6.42. The van der Waals surface area contributed by atoms with Crippen molar-refractivity contribution in [3.63, 3.8) is 0 Å². The maximum Gasteiger partial charge on any atom is 0.266 e. The first-order valence-corrected chi connectivity index (χ1v) is 8.98. The maximum atomic E-state index is 12.9. The first kappa shape index (κ1) is 15.4. The Hall–Kier alpha value is -2.11. The lowest BCUT2D eigenvalue weighted by atomic mass is 10.0. The summed E-state index contributed by atoms with van der Waals surface area (Å²) in [5.41, 5.74) is 1.09. The van der Waals surface area contributed by atoms with Gasteiger partial charge in [-0.1, -0.05) is 23.7 Å². The highest BCUT2D eigenvalue weighted by Crippen LogP contribution is 2.35. The number of nitrogens with zero attached hydrogens (tertiary/aromatic N) is 2. The molecule has 1 amide bonds. The van der Waals surface area contributed by atoms with Crippen LogP contribution in [0, 0.1) is 0 Å². The number of likely N-dealkylation sites (tertiary alicyclic amines) is 1. The number of carbonyl (C=O) groups is 1. The quantitative estimate of drug-likeness (QED) is 0.659. The molecule has 1 unspecified atom stereocenters. The van der Waals surface area contributed by atoms with Gasteiger partial charge in [-0.2, -0.15) is 0 Å². The van der Waals surface area contributed by atoms with Gasteiger partial charge in [0.2, 0.25) is 0 Å². The second-order valence-corrected chi connectivity index (χ2v) is 7.19. The lowest BCUT2D eigenvalue weighted by molar-refractivity contribution is 0.0740. The largest absolute Gasteiger partial charge is 0.462 e. The number of aromatic nitrogens is 1. The van der Waals surface area contributed by atoms with Crippen LogP contribution < -0.4 is 0 Å². The molecule has 1 aliphatic rings. The number of benzene rings is 1. The van der Waals surface area contributed by atoms with E-state index in [2.05, 4.69) is 4.98 Å². The van der Waals surface area contributed by atoms with Crippen LogP contribution in [0.3, 0.4) is 0 Å². The number of carbonyl (C=O) groups excluding carboxylic acids is 1. The van der Waals surface area contributed by atoms with Crippen LogP contribution in [-0.4, -0.2) is 22.3 Å². The molecule has 1 aliphatic heterocycles. The Morgan fingerprint density at radius 1 is 1.33 bits per heavy atom. The van der Waals surface area contributed by atoms with Crippen molar-refractivity contribution in [3.8, 4) is 10.8 Å².